The number of hydrogen-bond donors (Lipinski definition) is 0. The van der Waals surface area contributed by atoms with Crippen molar-refractivity contribution < 1.29 is 24.5 Å². The molecule has 0 amide bonds. The maximum absolute atomic E-state index is 10.1. The van der Waals surface area contributed by atoms with E-state index in [0.29, 0.717) is 16.7 Å². The van der Waals surface area contributed by atoms with E-state index in [0.717, 1.165) is 60.8 Å². The van der Waals surface area contributed by atoms with Crippen LogP contribution in [0.15, 0.2) is 144 Å². The van der Waals surface area contributed by atoms with Gasteiger partial charge in [-0.1, -0.05) is 98.5 Å². The molecule has 4 aromatic heterocycles. The normalized spacial score (nSPS) is 11.3. The topological polar surface area (TPSA) is 67.6 Å². The van der Waals surface area contributed by atoms with E-state index in [9.17, 15) is 5.26 Å². The monoisotopic (exact) mass is 837 g/mol. The maximum Gasteiger partial charge on any atom is 0.146 e. The fourth-order valence-corrected chi connectivity index (χ4v) is 6.52. The summed E-state index contributed by atoms with van der Waals surface area (Å²) >= 11 is 0. The van der Waals surface area contributed by atoms with E-state index in [1.54, 1.807) is 6.20 Å². The predicted octanol–water partition coefficient (Wildman–Crippen LogP) is 11.3. The number of pyridine rings is 2. The summed E-state index contributed by atoms with van der Waals surface area (Å²) in [5, 5.41) is 14.3. The average molecular weight is 837 g/mol. The van der Waals surface area contributed by atoms with E-state index in [2.05, 4.69) is 89.9 Å². The zero-order valence-corrected chi connectivity index (χ0v) is 30.7. The Labute approximate surface area is 310 Å². The summed E-state index contributed by atoms with van der Waals surface area (Å²) in [5.74, 6) is 0. The first kappa shape index (κ1) is 33.6. The number of rotatable bonds is 3. The number of para-hydroxylation sites is 2. The molecule has 1 radical (unpaired) electrons. The zero-order valence-electron chi connectivity index (χ0n) is 28.3. The molecule has 5 aromatic carbocycles. The van der Waals surface area contributed by atoms with Gasteiger partial charge in [0, 0.05) is 48.7 Å². The molecule has 0 saturated heterocycles. The molecule has 0 unspecified atom stereocenters. The van der Waals surface area contributed by atoms with Crippen molar-refractivity contribution in [2.24, 2.45) is 0 Å². The Morgan fingerprint density at radius 1 is 0.647 bits per heavy atom. The van der Waals surface area contributed by atoms with Crippen LogP contribution in [0.3, 0.4) is 0 Å². The summed E-state index contributed by atoms with van der Waals surface area (Å²) in [6, 6.07) is 51.1. The van der Waals surface area contributed by atoms with Crippen molar-refractivity contribution in [3.8, 4) is 34.3 Å². The summed E-state index contributed by atoms with van der Waals surface area (Å²) < 4.78 is 8.74. The molecule has 249 valence electrons. The van der Waals surface area contributed by atoms with Crippen molar-refractivity contribution in [3.05, 3.63) is 163 Å². The third-order valence-corrected chi connectivity index (χ3v) is 9.03. The van der Waals surface area contributed by atoms with Crippen molar-refractivity contribution >= 4 is 43.7 Å². The smallest absolute Gasteiger partial charge is 0.146 e. The van der Waals surface area contributed by atoms with Gasteiger partial charge in [0.1, 0.15) is 17.3 Å². The molecule has 9 aromatic rings. The van der Waals surface area contributed by atoms with Gasteiger partial charge in [-0.05, 0) is 46.6 Å². The minimum absolute atomic E-state index is 0. The fourth-order valence-electron chi connectivity index (χ4n) is 6.52. The number of nitriles is 1. The molecule has 0 bridgehead atoms. The van der Waals surface area contributed by atoms with Gasteiger partial charge in [-0.25, -0.2) is 0 Å². The predicted molar refractivity (Wildman–Crippen MR) is 202 cm³/mol. The van der Waals surface area contributed by atoms with E-state index < -0.39 is 0 Å². The van der Waals surface area contributed by atoms with Crippen molar-refractivity contribution in [2.75, 3.05) is 0 Å². The Balaban J connectivity index is 0.000000202. The number of nitrogens with zero attached hydrogens (tertiary/aromatic N) is 4. The van der Waals surface area contributed by atoms with Crippen molar-refractivity contribution in [1.82, 2.24) is 14.5 Å². The quantitative estimate of drug-likeness (QED) is 0.166. The largest absolute Gasteiger partial charge is 0.498 e. The van der Waals surface area contributed by atoms with Crippen LogP contribution in [0.1, 0.15) is 31.9 Å². The van der Waals surface area contributed by atoms with Gasteiger partial charge in [0.05, 0.1) is 22.2 Å². The molecule has 51 heavy (non-hydrogen) atoms. The first-order chi connectivity index (χ1) is 24.4. The summed E-state index contributed by atoms with van der Waals surface area (Å²) in [7, 11) is 0. The standard InChI is InChI=1S/C30H16N3O.C15H16N.Ir/c31-18-19-15-16-23-22-10-7-11-24(25-12-5-6-17-32-25)29(22)34-30(23)28(19)33-26-13-3-1-8-20(26)21-9-2-4-14-27(21)33;1-15(2,3)13-9-10-14(16-11-13)12-7-5-4-6-8-12;/h1-10,12-17H;4-7,9-11H,1-3H3;/q2*-1;. The van der Waals surface area contributed by atoms with Crippen LogP contribution in [-0.4, -0.2) is 14.5 Å². The van der Waals surface area contributed by atoms with E-state index in [1.807, 2.05) is 97.2 Å². The van der Waals surface area contributed by atoms with Crippen molar-refractivity contribution in [2.45, 2.75) is 26.2 Å². The van der Waals surface area contributed by atoms with Crippen LogP contribution >= 0.6 is 0 Å². The summed E-state index contributed by atoms with van der Waals surface area (Å²) in [5.41, 5.74) is 9.81. The van der Waals surface area contributed by atoms with Gasteiger partial charge in [-0.3, -0.25) is 0 Å². The van der Waals surface area contributed by atoms with Crippen LogP contribution in [0, 0.1) is 23.5 Å². The molecule has 0 fully saturated rings. The third-order valence-electron chi connectivity index (χ3n) is 9.03. The Kier molecular flexibility index (Phi) is 9.10. The van der Waals surface area contributed by atoms with Gasteiger partial charge in [-0.15, -0.1) is 54.1 Å². The van der Waals surface area contributed by atoms with E-state index >= 15 is 0 Å². The van der Waals surface area contributed by atoms with Crippen LogP contribution in [0.5, 0.6) is 0 Å². The number of furan rings is 1. The van der Waals surface area contributed by atoms with Gasteiger partial charge in [0.2, 0.25) is 0 Å². The minimum Gasteiger partial charge on any atom is -0.498 e. The second-order valence-corrected chi connectivity index (χ2v) is 13.2. The molecular formula is C45H32IrN4O-2. The number of hydrogen-bond acceptors (Lipinski definition) is 4. The number of aromatic nitrogens is 3. The zero-order chi connectivity index (χ0) is 34.2. The van der Waals surface area contributed by atoms with Crippen molar-refractivity contribution in [3.63, 3.8) is 0 Å². The van der Waals surface area contributed by atoms with Crippen LogP contribution in [0.2, 0.25) is 0 Å². The van der Waals surface area contributed by atoms with Crippen LogP contribution in [0.4, 0.5) is 0 Å². The van der Waals surface area contributed by atoms with Gasteiger partial charge < -0.3 is 19.0 Å². The molecule has 4 heterocycles. The molecule has 0 aliphatic heterocycles. The summed E-state index contributed by atoms with van der Waals surface area (Å²) in [6.45, 7) is 6.58. The molecule has 9 rings (SSSR count). The van der Waals surface area contributed by atoms with Crippen molar-refractivity contribution in [1.29, 1.82) is 5.26 Å². The third kappa shape index (κ3) is 6.12. The van der Waals surface area contributed by atoms with Gasteiger partial charge >= 0.3 is 0 Å². The second-order valence-electron chi connectivity index (χ2n) is 13.2. The Morgan fingerprint density at radius 3 is 1.98 bits per heavy atom. The first-order valence-electron chi connectivity index (χ1n) is 16.6. The second kappa shape index (κ2) is 13.8. The first-order valence-corrected chi connectivity index (χ1v) is 16.6. The van der Waals surface area contributed by atoms with Crippen LogP contribution in [0.25, 0.3) is 71.9 Å². The molecule has 0 spiro atoms. The van der Waals surface area contributed by atoms with Gasteiger partial charge in [0.25, 0.3) is 0 Å². The maximum atomic E-state index is 10.1. The minimum atomic E-state index is 0. The Hall–Kier alpha value is -5.86. The Morgan fingerprint density at radius 2 is 1.35 bits per heavy atom. The van der Waals surface area contributed by atoms with E-state index in [-0.39, 0.29) is 25.5 Å². The number of benzene rings is 5. The Bertz CT molecular complexity index is 2630. The number of fused-ring (bicyclic) bond motifs is 6. The fraction of sp³-hybridized carbons (Fsp3) is 0.0889. The van der Waals surface area contributed by atoms with Crippen LogP contribution in [-0.2, 0) is 25.5 Å². The molecule has 0 aliphatic rings. The van der Waals surface area contributed by atoms with Crippen LogP contribution < -0.4 is 0 Å². The molecule has 6 heteroatoms. The SMILES string of the molecule is CC(C)(C)c1ccc(-c2[c-]cccc2)nc1.N#Cc1ccc2c(oc3c(-c4ccccn4)[c-]ccc32)c1-n1c2ccccc2c2ccccc21.[Ir]. The van der Waals surface area contributed by atoms with E-state index in [4.69, 9.17) is 4.42 Å². The molecule has 0 aliphatic carbocycles. The van der Waals surface area contributed by atoms with Gasteiger partial charge in [-0.2, -0.15) is 5.26 Å². The summed E-state index contributed by atoms with van der Waals surface area (Å²) in [6.07, 6.45) is 3.72. The van der Waals surface area contributed by atoms with E-state index in [1.165, 1.54) is 5.56 Å². The molecule has 0 saturated carbocycles. The molecule has 0 atom stereocenters. The molecular weight excluding hydrogens is 805 g/mol. The molecule has 5 nitrogen and oxygen atoms in total. The summed E-state index contributed by atoms with van der Waals surface area (Å²) in [4.78, 5) is 8.99. The molecule has 0 N–H and O–H groups in total. The average Bonchev–Trinajstić information content (AvgIpc) is 3.71. The van der Waals surface area contributed by atoms with Gasteiger partial charge in [0.15, 0.2) is 0 Å².